The number of ether oxygens (including phenoxy) is 1. The van der Waals surface area contributed by atoms with Crippen molar-refractivity contribution in [1.82, 2.24) is 19.8 Å². The molecule has 18 heavy (non-hydrogen) atoms. The van der Waals surface area contributed by atoms with Gasteiger partial charge in [-0.15, -0.1) is 10.2 Å². The standard InChI is InChI=1S/C11H11N5OS/c1-17-8-4-2-3-7(5-8)10-13-14-11-16(10)15-9(6-12)18-11/h2-5H,6,12H2,1H3. The average molecular weight is 261 g/mol. The molecular formula is C11H11N5OS. The molecule has 1 aromatic carbocycles. The Hall–Kier alpha value is -1.99. The molecule has 6 nitrogen and oxygen atoms in total. The fourth-order valence-electron chi connectivity index (χ4n) is 1.68. The van der Waals surface area contributed by atoms with Gasteiger partial charge in [-0.25, -0.2) is 0 Å². The summed E-state index contributed by atoms with van der Waals surface area (Å²) in [5.74, 6) is 1.47. The van der Waals surface area contributed by atoms with Crippen LogP contribution in [0.2, 0.25) is 0 Å². The van der Waals surface area contributed by atoms with Crippen LogP contribution in [0.25, 0.3) is 16.3 Å². The number of nitrogens with two attached hydrogens (primary N) is 1. The van der Waals surface area contributed by atoms with E-state index in [4.69, 9.17) is 10.5 Å². The molecule has 0 saturated carbocycles. The Bertz CT molecular complexity index is 690. The first-order valence-electron chi connectivity index (χ1n) is 5.37. The smallest absolute Gasteiger partial charge is 0.235 e. The minimum Gasteiger partial charge on any atom is -0.497 e. The number of hydrogen-bond donors (Lipinski definition) is 1. The van der Waals surface area contributed by atoms with Gasteiger partial charge < -0.3 is 10.5 Å². The molecule has 3 rings (SSSR count). The van der Waals surface area contributed by atoms with Crippen molar-refractivity contribution in [2.45, 2.75) is 6.54 Å². The normalized spacial score (nSPS) is 11.0. The van der Waals surface area contributed by atoms with E-state index in [2.05, 4.69) is 15.3 Å². The van der Waals surface area contributed by atoms with E-state index < -0.39 is 0 Å². The number of aromatic nitrogens is 4. The average Bonchev–Trinajstić information content (AvgIpc) is 2.98. The number of fused-ring (bicyclic) bond motifs is 1. The highest BCUT2D eigenvalue weighted by Crippen LogP contribution is 2.24. The van der Waals surface area contributed by atoms with Crippen molar-refractivity contribution in [3.8, 4) is 17.1 Å². The second-order valence-electron chi connectivity index (χ2n) is 3.65. The zero-order chi connectivity index (χ0) is 12.5. The first-order chi connectivity index (χ1) is 8.81. The summed E-state index contributed by atoms with van der Waals surface area (Å²) >= 11 is 1.44. The van der Waals surface area contributed by atoms with Gasteiger partial charge in [0.2, 0.25) is 4.96 Å². The summed E-state index contributed by atoms with van der Waals surface area (Å²) in [6, 6.07) is 7.64. The molecule has 0 atom stereocenters. The molecule has 0 aliphatic rings. The maximum absolute atomic E-state index is 5.57. The molecule has 2 N–H and O–H groups in total. The highest BCUT2D eigenvalue weighted by molar-refractivity contribution is 7.16. The van der Waals surface area contributed by atoms with Gasteiger partial charge in [-0.2, -0.15) is 9.61 Å². The van der Waals surface area contributed by atoms with E-state index in [1.54, 1.807) is 11.6 Å². The van der Waals surface area contributed by atoms with Crippen molar-refractivity contribution >= 4 is 16.3 Å². The minimum atomic E-state index is 0.408. The first kappa shape index (κ1) is 11.1. The zero-order valence-electron chi connectivity index (χ0n) is 9.70. The molecule has 0 amide bonds. The van der Waals surface area contributed by atoms with Crippen LogP contribution in [0.4, 0.5) is 0 Å². The molecule has 0 unspecified atom stereocenters. The Balaban J connectivity index is 2.14. The van der Waals surface area contributed by atoms with Crippen LogP contribution in [0, 0.1) is 0 Å². The van der Waals surface area contributed by atoms with E-state index in [1.807, 2.05) is 24.3 Å². The van der Waals surface area contributed by atoms with Crippen LogP contribution in [-0.2, 0) is 6.54 Å². The second-order valence-corrected chi connectivity index (χ2v) is 4.69. The van der Waals surface area contributed by atoms with Crippen molar-refractivity contribution in [3.63, 3.8) is 0 Å². The van der Waals surface area contributed by atoms with Crippen molar-refractivity contribution in [2.24, 2.45) is 5.73 Å². The SMILES string of the molecule is COc1cccc(-c2nnc3sc(CN)nn23)c1. The van der Waals surface area contributed by atoms with Gasteiger partial charge in [0.15, 0.2) is 5.82 Å². The van der Waals surface area contributed by atoms with Gasteiger partial charge in [0.1, 0.15) is 10.8 Å². The van der Waals surface area contributed by atoms with E-state index >= 15 is 0 Å². The Labute approximate surface area is 107 Å². The number of rotatable bonds is 3. The minimum absolute atomic E-state index is 0.408. The summed E-state index contributed by atoms with van der Waals surface area (Å²) in [7, 11) is 1.63. The lowest BCUT2D eigenvalue weighted by Crippen LogP contribution is -1.98. The number of methoxy groups -OCH3 is 1. The Morgan fingerprint density at radius 3 is 3.06 bits per heavy atom. The van der Waals surface area contributed by atoms with Gasteiger partial charge in [0, 0.05) is 12.1 Å². The van der Waals surface area contributed by atoms with Gasteiger partial charge in [-0.1, -0.05) is 23.5 Å². The molecule has 0 radical (unpaired) electrons. The highest BCUT2D eigenvalue weighted by Gasteiger charge is 2.12. The number of benzene rings is 1. The summed E-state index contributed by atoms with van der Waals surface area (Å²) in [6.45, 7) is 0.408. The van der Waals surface area contributed by atoms with Crippen molar-refractivity contribution in [2.75, 3.05) is 7.11 Å². The fraction of sp³-hybridized carbons (Fsp3) is 0.182. The van der Waals surface area contributed by atoms with Crippen LogP contribution < -0.4 is 10.5 Å². The molecular weight excluding hydrogens is 250 g/mol. The summed E-state index contributed by atoms with van der Waals surface area (Å²) < 4.78 is 6.91. The van der Waals surface area contributed by atoms with Gasteiger partial charge in [0.25, 0.3) is 0 Å². The van der Waals surface area contributed by atoms with Crippen molar-refractivity contribution in [1.29, 1.82) is 0 Å². The maximum Gasteiger partial charge on any atom is 0.235 e. The summed E-state index contributed by atoms with van der Waals surface area (Å²) in [5.41, 5.74) is 6.49. The largest absolute Gasteiger partial charge is 0.497 e. The first-order valence-corrected chi connectivity index (χ1v) is 6.19. The zero-order valence-corrected chi connectivity index (χ0v) is 10.5. The molecule has 92 valence electrons. The summed E-state index contributed by atoms with van der Waals surface area (Å²) in [6.07, 6.45) is 0. The highest BCUT2D eigenvalue weighted by atomic mass is 32.1. The van der Waals surface area contributed by atoms with Crippen LogP contribution >= 0.6 is 11.3 Å². The van der Waals surface area contributed by atoms with Gasteiger partial charge in [-0.3, -0.25) is 0 Å². The number of nitrogens with zero attached hydrogens (tertiary/aromatic N) is 4. The fourth-order valence-corrected chi connectivity index (χ4v) is 2.39. The van der Waals surface area contributed by atoms with E-state index in [1.165, 1.54) is 11.3 Å². The molecule has 0 spiro atoms. The Morgan fingerprint density at radius 1 is 1.39 bits per heavy atom. The van der Waals surface area contributed by atoms with Crippen LogP contribution in [0.15, 0.2) is 24.3 Å². The van der Waals surface area contributed by atoms with Crippen LogP contribution in [0.5, 0.6) is 5.75 Å². The summed E-state index contributed by atoms with van der Waals surface area (Å²) in [5, 5.41) is 13.4. The van der Waals surface area contributed by atoms with Gasteiger partial charge >= 0.3 is 0 Å². The molecule has 0 aliphatic carbocycles. The summed E-state index contributed by atoms with van der Waals surface area (Å²) in [4.78, 5) is 0.744. The lowest BCUT2D eigenvalue weighted by atomic mass is 10.2. The van der Waals surface area contributed by atoms with E-state index in [-0.39, 0.29) is 0 Å². The van der Waals surface area contributed by atoms with E-state index in [0.717, 1.165) is 21.3 Å². The molecule has 0 bridgehead atoms. The van der Waals surface area contributed by atoms with E-state index in [0.29, 0.717) is 12.4 Å². The van der Waals surface area contributed by atoms with Crippen LogP contribution in [0.3, 0.4) is 0 Å². The van der Waals surface area contributed by atoms with Crippen molar-refractivity contribution < 1.29 is 4.74 Å². The van der Waals surface area contributed by atoms with Gasteiger partial charge in [0.05, 0.1) is 7.11 Å². The molecule has 3 aromatic rings. The molecule has 2 aromatic heterocycles. The lowest BCUT2D eigenvalue weighted by molar-refractivity contribution is 0.415. The predicted molar refractivity (Wildman–Crippen MR) is 68.5 cm³/mol. The molecule has 0 saturated heterocycles. The van der Waals surface area contributed by atoms with E-state index in [9.17, 15) is 0 Å². The Morgan fingerprint density at radius 2 is 2.28 bits per heavy atom. The van der Waals surface area contributed by atoms with Crippen LogP contribution in [-0.4, -0.2) is 26.9 Å². The van der Waals surface area contributed by atoms with Crippen molar-refractivity contribution in [3.05, 3.63) is 29.3 Å². The third kappa shape index (κ3) is 1.73. The predicted octanol–water partition coefficient (Wildman–Crippen LogP) is 1.32. The monoisotopic (exact) mass is 261 g/mol. The molecule has 0 fully saturated rings. The molecule has 2 heterocycles. The quantitative estimate of drug-likeness (QED) is 0.769. The second kappa shape index (κ2) is 4.35. The lowest BCUT2D eigenvalue weighted by Gasteiger charge is -2.01. The van der Waals surface area contributed by atoms with Crippen LogP contribution in [0.1, 0.15) is 5.01 Å². The third-order valence-corrected chi connectivity index (χ3v) is 3.46. The molecule has 7 heteroatoms. The number of hydrogen-bond acceptors (Lipinski definition) is 6. The topological polar surface area (TPSA) is 78.3 Å². The Kier molecular flexibility index (Phi) is 2.69. The third-order valence-electron chi connectivity index (χ3n) is 2.54. The van der Waals surface area contributed by atoms with Gasteiger partial charge in [-0.05, 0) is 12.1 Å². The molecule has 0 aliphatic heterocycles. The maximum atomic E-state index is 5.57.